The molecule has 0 saturated carbocycles. The molecule has 2 amide bonds. The van der Waals surface area contributed by atoms with Gasteiger partial charge in [-0.05, 0) is 42.0 Å². The Morgan fingerprint density at radius 2 is 1.92 bits per heavy atom. The van der Waals surface area contributed by atoms with Gasteiger partial charge in [-0.2, -0.15) is 0 Å². The summed E-state index contributed by atoms with van der Waals surface area (Å²) in [5, 5.41) is 4.10. The van der Waals surface area contributed by atoms with Crippen molar-refractivity contribution in [3.05, 3.63) is 47.3 Å². The molecule has 132 valence electrons. The molecular weight excluding hydrogens is 360 g/mol. The number of sulfonamides is 1. The van der Waals surface area contributed by atoms with Crippen LogP contribution in [0.5, 0.6) is 0 Å². The molecular formula is C17H18N2O4S2. The van der Waals surface area contributed by atoms with Crippen LogP contribution in [-0.2, 0) is 25.0 Å². The maximum absolute atomic E-state index is 12.4. The molecule has 0 radical (unpaired) electrons. The van der Waals surface area contributed by atoms with Crippen molar-refractivity contribution in [3.8, 4) is 0 Å². The largest absolute Gasteiger partial charge is 0.296 e. The number of anilines is 1. The number of carbonyl (C=O) groups is 2. The van der Waals surface area contributed by atoms with Gasteiger partial charge in [0.2, 0.25) is 11.8 Å². The Labute approximate surface area is 150 Å². The van der Waals surface area contributed by atoms with Gasteiger partial charge in [-0.3, -0.25) is 19.6 Å². The minimum Gasteiger partial charge on any atom is -0.296 e. The highest BCUT2D eigenvalue weighted by atomic mass is 32.2. The van der Waals surface area contributed by atoms with Gasteiger partial charge in [-0.1, -0.05) is 25.1 Å². The average molecular weight is 378 g/mol. The van der Waals surface area contributed by atoms with Gasteiger partial charge < -0.3 is 0 Å². The molecule has 0 spiro atoms. The van der Waals surface area contributed by atoms with Gasteiger partial charge in [0.25, 0.3) is 10.0 Å². The number of hydrogen-bond donors (Lipinski definition) is 2. The Morgan fingerprint density at radius 3 is 2.48 bits per heavy atom. The van der Waals surface area contributed by atoms with Crippen molar-refractivity contribution in [2.45, 2.75) is 35.8 Å². The van der Waals surface area contributed by atoms with E-state index in [0.717, 1.165) is 16.9 Å². The van der Waals surface area contributed by atoms with Gasteiger partial charge in [0, 0.05) is 12.1 Å². The van der Waals surface area contributed by atoms with E-state index in [1.54, 1.807) is 35.7 Å². The van der Waals surface area contributed by atoms with Gasteiger partial charge >= 0.3 is 0 Å². The first-order valence-corrected chi connectivity index (χ1v) is 10.2. The lowest BCUT2D eigenvalue weighted by atomic mass is 9.72. The van der Waals surface area contributed by atoms with Crippen LogP contribution in [0.4, 0.5) is 5.69 Å². The molecule has 8 heteroatoms. The number of imide groups is 1. The van der Waals surface area contributed by atoms with E-state index in [-0.39, 0.29) is 16.0 Å². The van der Waals surface area contributed by atoms with Crippen molar-refractivity contribution in [2.24, 2.45) is 0 Å². The number of carbonyl (C=O) groups excluding carboxylic acids is 2. The molecule has 1 aliphatic rings. The smallest absolute Gasteiger partial charge is 0.271 e. The summed E-state index contributed by atoms with van der Waals surface area (Å²) in [6.45, 7) is 1.91. The molecule has 3 rings (SSSR count). The predicted molar refractivity (Wildman–Crippen MR) is 95.9 cm³/mol. The van der Waals surface area contributed by atoms with E-state index in [0.29, 0.717) is 24.9 Å². The Hall–Kier alpha value is -2.19. The van der Waals surface area contributed by atoms with Crippen LogP contribution in [0.3, 0.4) is 0 Å². The zero-order valence-electron chi connectivity index (χ0n) is 13.6. The number of nitrogens with one attached hydrogen (secondary N) is 2. The van der Waals surface area contributed by atoms with Gasteiger partial charge in [-0.25, -0.2) is 8.42 Å². The van der Waals surface area contributed by atoms with Crippen LogP contribution in [0.2, 0.25) is 0 Å². The molecule has 1 aliphatic heterocycles. The number of piperidine rings is 1. The van der Waals surface area contributed by atoms with Crippen molar-refractivity contribution in [3.63, 3.8) is 0 Å². The first kappa shape index (κ1) is 17.6. The lowest BCUT2D eigenvalue weighted by molar-refractivity contribution is -0.138. The molecule has 2 aromatic rings. The minimum atomic E-state index is -3.60. The summed E-state index contributed by atoms with van der Waals surface area (Å²) < 4.78 is 27.3. The maximum atomic E-state index is 12.4. The summed E-state index contributed by atoms with van der Waals surface area (Å²) in [5.41, 5.74) is 0.453. The number of thiophene rings is 1. The van der Waals surface area contributed by atoms with Crippen LogP contribution in [0.15, 0.2) is 46.0 Å². The van der Waals surface area contributed by atoms with Gasteiger partial charge in [-0.15, -0.1) is 11.3 Å². The van der Waals surface area contributed by atoms with E-state index < -0.39 is 15.4 Å². The van der Waals surface area contributed by atoms with Gasteiger partial charge in [0.05, 0.1) is 5.41 Å². The molecule has 1 aromatic carbocycles. The third-order valence-electron chi connectivity index (χ3n) is 4.52. The second-order valence-electron chi connectivity index (χ2n) is 5.93. The van der Waals surface area contributed by atoms with Crippen LogP contribution < -0.4 is 10.0 Å². The third-order valence-corrected chi connectivity index (χ3v) is 7.30. The molecule has 0 aliphatic carbocycles. The zero-order chi connectivity index (χ0) is 18.1. The normalized spacial score (nSPS) is 21.0. The summed E-state index contributed by atoms with van der Waals surface area (Å²) in [6, 6.07) is 9.98. The van der Waals surface area contributed by atoms with Crippen LogP contribution in [0.1, 0.15) is 31.7 Å². The molecule has 1 fully saturated rings. The monoisotopic (exact) mass is 378 g/mol. The molecule has 2 heterocycles. The standard InChI is InChI=1S/C17H18N2O4S2/c1-2-17(10-9-14(20)18-16(17)21)12-5-7-13(8-6-12)19-25(22,23)15-4-3-11-24-15/h3-8,11,19H,2,9-10H2,1H3,(H,18,20,21)/t17-/m0/s1. The average Bonchev–Trinajstić information content (AvgIpc) is 3.12. The molecule has 0 bridgehead atoms. The fourth-order valence-corrected chi connectivity index (χ4v) is 5.10. The molecule has 1 aromatic heterocycles. The maximum Gasteiger partial charge on any atom is 0.271 e. The molecule has 2 N–H and O–H groups in total. The first-order chi connectivity index (χ1) is 11.9. The predicted octanol–water partition coefficient (Wildman–Crippen LogP) is 2.63. The van der Waals surface area contributed by atoms with E-state index in [1.165, 1.54) is 6.07 Å². The third kappa shape index (κ3) is 3.32. The Kier molecular flexibility index (Phi) is 4.66. The highest BCUT2D eigenvalue weighted by Gasteiger charge is 2.42. The van der Waals surface area contributed by atoms with Crippen molar-refractivity contribution in [1.29, 1.82) is 0 Å². The number of benzene rings is 1. The summed E-state index contributed by atoms with van der Waals surface area (Å²) in [4.78, 5) is 23.8. The second kappa shape index (κ2) is 6.61. The van der Waals surface area contributed by atoms with Crippen molar-refractivity contribution >= 4 is 38.9 Å². The molecule has 25 heavy (non-hydrogen) atoms. The summed E-state index contributed by atoms with van der Waals surface area (Å²) >= 11 is 1.14. The molecule has 0 unspecified atom stereocenters. The quantitative estimate of drug-likeness (QED) is 0.783. The Morgan fingerprint density at radius 1 is 1.20 bits per heavy atom. The Bertz CT molecular complexity index is 889. The topological polar surface area (TPSA) is 92.3 Å². The fourth-order valence-electron chi connectivity index (χ4n) is 3.05. The molecule has 1 saturated heterocycles. The van der Waals surface area contributed by atoms with E-state index in [4.69, 9.17) is 0 Å². The minimum absolute atomic E-state index is 0.242. The summed E-state index contributed by atoms with van der Waals surface area (Å²) in [7, 11) is -3.60. The summed E-state index contributed by atoms with van der Waals surface area (Å²) in [5.74, 6) is -0.549. The van der Waals surface area contributed by atoms with Crippen LogP contribution in [0, 0.1) is 0 Å². The molecule has 6 nitrogen and oxygen atoms in total. The Balaban J connectivity index is 1.85. The number of rotatable bonds is 5. The van der Waals surface area contributed by atoms with E-state index in [9.17, 15) is 18.0 Å². The fraction of sp³-hybridized carbons (Fsp3) is 0.294. The van der Waals surface area contributed by atoms with Crippen LogP contribution >= 0.6 is 11.3 Å². The number of hydrogen-bond acceptors (Lipinski definition) is 5. The van der Waals surface area contributed by atoms with E-state index in [2.05, 4.69) is 10.0 Å². The number of amides is 2. The highest BCUT2D eigenvalue weighted by molar-refractivity contribution is 7.94. The lowest BCUT2D eigenvalue weighted by Crippen LogP contribution is -2.51. The van der Waals surface area contributed by atoms with E-state index >= 15 is 0 Å². The molecule has 1 atom stereocenters. The first-order valence-electron chi connectivity index (χ1n) is 7.88. The lowest BCUT2D eigenvalue weighted by Gasteiger charge is -2.35. The van der Waals surface area contributed by atoms with Crippen LogP contribution in [0.25, 0.3) is 0 Å². The second-order valence-corrected chi connectivity index (χ2v) is 8.78. The van der Waals surface area contributed by atoms with Gasteiger partial charge in [0.1, 0.15) is 4.21 Å². The SMILES string of the molecule is CC[C@@]1(c2ccc(NS(=O)(=O)c3cccs3)cc2)CCC(=O)NC1=O. The zero-order valence-corrected chi connectivity index (χ0v) is 15.2. The van der Waals surface area contributed by atoms with Crippen molar-refractivity contribution < 1.29 is 18.0 Å². The van der Waals surface area contributed by atoms with Crippen LogP contribution in [-0.4, -0.2) is 20.2 Å². The highest BCUT2D eigenvalue weighted by Crippen LogP contribution is 2.36. The van der Waals surface area contributed by atoms with Crippen molar-refractivity contribution in [2.75, 3.05) is 4.72 Å². The summed E-state index contributed by atoms with van der Waals surface area (Å²) in [6.07, 6.45) is 1.31. The van der Waals surface area contributed by atoms with Crippen molar-refractivity contribution in [1.82, 2.24) is 5.32 Å². The van der Waals surface area contributed by atoms with E-state index in [1.807, 2.05) is 6.92 Å². The van der Waals surface area contributed by atoms with Gasteiger partial charge in [0.15, 0.2) is 0 Å².